The fourth-order valence-corrected chi connectivity index (χ4v) is 6.17. The smallest absolute Gasteiger partial charge is 0.227 e. The van der Waals surface area contributed by atoms with Gasteiger partial charge in [-0.3, -0.25) is 9.78 Å². The van der Waals surface area contributed by atoms with E-state index in [9.17, 15) is 9.90 Å². The second kappa shape index (κ2) is 9.86. The van der Waals surface area contributed by atoms with E-state index in [1.54, 1.807) is 23.5 Å². The summed E-state index contributed by atoms with van der Waals surface area (Å²) >= 11 is 0. The van der Waals surface area contributed by atoms with Gasteiger partial charge < -0.3 is 14.9 Å². The molecular weight excluding hydrogens is 474 g/mol. The number of hydrogen-bond acceptors (Lipinski definition) is 6. The van der Waals surface area contributed by atoms with Gasteiger partial charge >= 0.3 is 0 Å². The third-order valence-corrected chi connectivity index (χ3v) is 8.32. The quantitative estimate of drug-likeness (QED) is 0.488. The standard InChI is InChI=1S/C31H39N5O2/c1-20(2)22-7-9-24(10-8-22)31(38,30(5)18-35(6)19-30)25-14-26(16-32-15-25)36-17-23(13-28(36)37)27-11-12-33-29(34-27)21(3)4/h7-12,14-16,20-21,23,38H,13,17-19H2,1-6H3. The summed E-state index contributed by atoms with van der Waals surface area (Å²) in [5, 5.41) is 12.5. The highest BCUT2D eigenvalue weighted by molar-refractivity contribution is 5.96. The molecule has 2 aliphatic heterocycles. The van der Waals surface area contributed by atoms with E-state index in [0.29, 0.717) is 30.1 Å². The van der Waals surface area contributed by atoms with Crippen LogP contribution in [0, 0.1) is 5.41 Å². The molecule has 0 spiro atoms. The molecule has 0 aliphatic carbocycles. The Morgan fingerprint density at radius 3 is 2.37 bits per heavy atom. The maximum Gasteiger partial charge on any atom is 0.227 e. The highest BCUT2D eigenvalue weighted by Gasteiger charge is 2.55. The van der Waals surface area contributed by atoms with Crippen LogP contribution < -0.4 is 4.90 Å². The first-order valence-corrected chi connectivity index (χ1v) is 13.6. The van der Waals surface area contributed by atoms with Crippen LogP contribution in [0.2, 0.25) is 0 Å². The molecule has 200 valence electrons. The molecule has 0 saturated carbocycles. The van der Waals surface area contributed by atoms with E-state index in [2.05, 4.69) is 68.7 Å². The second-order valence-corrected chi connectivity index (χ2v) is 12.1. The maximum absolute atomic E-state index is 13.2. The zero-order chi connectivity index (χ0) is 27.2. The zero-order valence-corrected chi connectivity index (χ0v) is 23.3. The molecule has 7 nitrogen and oxygen atoms in total. The van der Waals surface area contributed by atoms with Gasteiger partial charge in [0.25, 0.3) is 0 Å². The Labute approximate surface area is 226 Å². The monoisotopic (exact) mass is 513 g/mol. The van der Waals surface area contributed by atoms with Crippen molar-refractivity contribution < 1.29 is 9.90 Å². The number of benzene rings is 1. The Bertz CT molecular complexity index is 1320. The van der Waals surface area contributed by atoms with Gasteiger partial charge in [0.1, 0.15) is 11.4 Å². The number of carbonyl (C=O) groups excluding carboxylic acids is 1. The summed E-state index contributed by atoms with van der Waals surface area (Å²) in [7, 11) is 2.07. The molecule has 7 heteroatoms. The maximum atomic E-state index is 13.2. The number of nitrogens with zero attached hydrogens (tertiary/aromatic N) is 5. The van der Waals surface area contributed by atoms with E-state index in [-0.39, 0.29) is 17.7 Å². The molecule has 2 saturated heterocycles. The summed E-state index contributed by atoms with van der Waals surface area (Å²) < 4.78 is 0. The molecule has 0 radical (unpaired) electrons. The lowest BCUT2D eigenvalue weighted by Gasteiger charge is -2.56. The molecule has 2 atom stereocenters. The van der Waals surface area contributed by atoms with Crippen molar-refractivity contribution in [1.29, 1.82) is 0 Å². The summed E-state index contributed by atoms with van der Waals surface area (Å²) in [6.45, 7) is 12.7. The van der Waals surface area contributed by atoms with E-state index in [1.165, 1.54) is 5.56 Å². The predicted molar refractivity (Wildman–Crippen MR) is 149 cm³/mol. The van der Waals surface area contributed by atoms with Crippen LogP contribution in [0.5, 0.6) is 0 Å². The Kier molecular flexibility index (Phi) is 6.86. The van der Waals surface area contributed by atoms with Gasteiger partial charge in [0.2, 0.25) is 5.91 Å². The number of amides is 1. The molecule has 2 fully saturated rings. The van der Waals surface area contributed by atoms with Crippen LogP contribution in [-0.4, -0.2) is 57.5 Å². The number of hydrogen-bond donors (Lipinski definition) is 1. The Hall–Kier alpha value is -3.16. The van der Waals surface area contributed by atoms with E-state index < -0.39 is 11.0 Å². The number of anilines is 1. The number of aromatic nitrogens is 3. The van der Waals surface area contributed by atoms with Crippen molar-refractivity contribution in [2.75, 3.05) is 31.6 Å². The molecule has 2 aliphatic rings. The van der Waals surface area contributed by atoms with Crippen molar-refractivity contribution in [3.05, 3.63) is 83.2 Å². The molecule has 0 bridgehead atoms. The van der Waals surface area contributed by atoms with Crippen LogP contribution in [0.25, 0.3) is 0 Å². The van der Waals surface area contributed by atoms with E-state index in [0.717, 1.165) is 30.2 Å². The van der Waals surface area contributed by atoms with Gasteiger partial charge in [-0.2, -0.15) is 0 Å². The number of likely N-dealkylation sites (tertiary alicyclic amines) is 1. The van der Waals surface area contributed by atoms with Crippen molar-refractivity contribution >= 4 is 11.6 Å². The lowest BCUT2D eigenvalue weighted by atomic mass is 9.62. The van der Waals surface area contributed by atoms with E-state index >= 15 is 0 Å². The van der Waals surface area contributed by atoms with Crippen molar-refractivity contribution in [3.63, 3.8) is 0 Å². The molecule has 2 aromatic heterocycles. The van der Waals surface area contributed by atoms with Crippen molar-refractivity contribution in [3.8, 4) is 0 Å². The second-order valence-electron chi connectivity index (χ2n) is 12.1. The molecule has 1 N–H and O–H groups in total. The molecule has 4 heterocycles. The average molecular weight is 514 g/mol. The first-order chi connectivity index (χ1) is 18.0. The SMILES string of the molecule is CC(C)c1ccc(C(O)(c2cncc(N3CC(c4ccnc(C(C)C)n4)CC3=O)c2)C2(C)CN(C)C2)cc1. The summed E-state index contributed by atoms with van der Waals surface area (Å²) in [5.74, 6) is 1.46. The zero-order valence-electron chi connectivity index (χ0n) is 23.3. The molecule has 3 aromatic rings. The minimum Gasteiger partial charge on any atom is -0.380 e. The van der Waals surface area contributed by atoms with Crippen LogP contribution in [-0.2, 0) is 10.4 Å². The van der Waals surface area contributed by atoms with Gasteiger partial charge in [0, 0.05) is 67.0 Å². The van der Waals surface area contributed by atoms with E-state index in [1.807, 2.05) is 24.3 Å². The highest BCUT2D eigenvalue weighted by Crippen LogP contribution is 2.50. The minimum absolute atomic E-state index is 0.00748. The van der Waals surface area contributed by atoms with Crippen LogP contribution in [0.4, 0.5) is 5.69 Å². The fourth-order valence-electron chi connectivity index (χ4n) is 6.17. The minimum atomic E-state index is -1.25. The molecule has 2 unspecified atom stereocenters. The average Bonchev–Trinajstić information content (AvgIpc) is 3.29. The number of carbonyl (C=O) groups is 1. The van der Waals surface area contributed by atoms with Crippen LogP contribution in [0.1, 0.15) is 87.0 Å². The lowest BCUT2D eigenvalue weighted by molar-refractivity contribution is -0.127. The van der Waals surface area contributed by atoms with E-state index in [4.69, 9.17) is 4.98 Å². The highest BCUT2D eigenvalue weighted by atomic mass is 16.3. The van der Waals surface area contributed by atoms with Crippen molar-refractivity contribution in [2.45, 2.75) is 64.4 Å². The van der Waals surface area contributed by atoms with Gasteiger partial charge in [0.15, 0.2) is 0 Å². The normalized spacial score (nSPS) is 21.1. The van der Waals surface area contributed by atoms with Crippen LogP contribution in [0.15, 0.2) is 55.0 Å². The summed E-state index contributed by atoms with van der Waals surface area (Å²) in [5.41, 5.74) is 2.76. The molecule has 1 aromatic carbocycles. The van der Waals surface area contributed by atoms with Crippen molar-refractivity contribution in [2.24, 2.45) is 5.41 Å². The fraction of sp³-hybridized carbons (Fsp3) is 0.484. The van der Waals surface area contributed by atoms with Crippen LogP contribution >= 0.6 is 0 Å². The largest absolute Gasteiger partial charge is 0.380 e. The number of pyridine rings is 1. The Balaban J connectivity index is 1.49. The number of aliphatic hydroxyl groups is 1. The molecule has 1 amide bonds. The summed E-state index contributed by atoms with van der Waals surface area (Å²) in [6.07, 6.45) is 5.65. The van der Waals surface area contributed by atoms with Gasteiger partial charge in [-0.1, -0.05) is 58.9 Å². The molecule has 38 heavy (non-hydrogen) atoms. The van der Waals surface area contributed by atoms with Gasteiger partial charge in [-0.25, -0.2) is 9.97 Å². The Morgan fingerprint density at radius 1 is 1.03 bits per heavy atom. The molecular formula is C31H39N5O2. The number of rotatable bonds is 7. The predicted octanol–water partition coefficient (Wildman–Crippen LogP) is 4.83. The summed E-state index contributed by atoms with van der Waals surface area (Å²) in [4.78, 5) is 30.9. The van der Waals surface area contributed by atoms with Gasteiger partial charge in [-0.05, 0) is 36.2 Å². The first-order valence-electron chi connectivity index (χ1n) is 13.6. The Morgan fingerprint density at radius 2 is 1.74 bits per heavy atom. The topological polar surface area (TPSA) is 82.5 Å². The van der Waals surface area contributed by atoms with Gasteiger partial charge in [0.05, 0.1) is 11.9 Å². The summed E-state index contributed by atoms with van der Waals surface area (Å²) in [6, 6.07) is 12.2. The van der Waals surface area contributed by atoms with Crippen LogP contribution in [0.3, 0.4) is 0 Å². The molecule has 5 rings (SSSR count). The third kappa shape index (κ3) is 4.52. The van der Waals surface area contributed by atoms with Crippen molar-refractivity contribution in [1.82, 2.24) is 19.9 Å². The lowest BCUT2D eigenvalue weighted by Crippen LogP contribution is -2.63. The van der Waals surface area contributed by atoms with Gasteiger partial charge in [-0.15, -0.1) is 0 Å². The third-order valence-electron chi connectivity index (χ3n) is 8.32. The first kappa shape index (κ1) is 26.4.